The van der Waals surface area contributed by atoms with Crippen LogP contribution >= 0.6 is 0 Å². The SMILES string of the molecule is CCOc1ccccc1N1C[C@@H](c2nc3ccccc3n2Cc2cc(C)ccc2C)CC1=O. The minimum absolute atomic E-state index is 0.0182. The number of amides is 1. The second-order valence-corrected chi connectivity index (χ2v) is 8.78. The van der Waals surface area contributed by atoms with Gasteiger partial charge in [0, 0.05) is 25.4 Å². The number of rotatable bonds is 6. The molecule has 1 amide bonds. The minimum atomic E-state index is 0.0182. The van der Waals surface area contributed by atoms with Crippen molar-refractivity contribution in [3.8, 4) is 5.75 Å². The van der Waals surface area contributed by atoms with Gasteiger partial charge in [0.1, 0.15) is 11.6 Å². The molecule has 1 aromatic heterocycles. The summed E-state index contributed by atoms with van der Waals surface area (Å²) < 4.78 is 8.10. The van der Waals surface area contributed by atoms with E-state index in [2.05, 4.69) is 54.8 Å². The van der Waals surface area contributed by atoms with Crippen molar-refractivity contribution in [2.75, 3.05) is 18.1 Å². The van der Waals surface area contributed by atoms with E-state index >= 15 is 0 Å². The molecule has 1 fully saturated rings. The lowest BCUT2D eigenvalue weighted by molar-refractivity contribution is -0.117. The molecule has 0 saturated carbocycles. The van der Waals surface area contributed by atoms with Gasteiger partial charge in [-0.3, -0.25) is 4.79 Å². The summed E-state index contributed by atoms with van der Waals surface area (Å²) in [6, 6.07) is 22.6. The maximum atomic E-state index is 13.1. The minimum Gasteiger partial charge on any atom is -0.492 e. The number of imidazole rings is 1. The molecule has 0 bridgehead atoms. The molecule has 1 saturated heterocycles. The van der Waals surface area contributed by atoms with Crippen LogP contribution in [0.1, 0.15) is 41.8 Å². The molecule has 4 aromatic rings. The van der Waals surface area contributed by atoms with Crippen LogP contribution in [0.4, 0.5) is 5.69 Å². The Labute approximate surface area is 194 Å². The number of carbonyl (C=O) groups excluding carboxylic acids is 1. The summed E-state index contributed by atoms with van der Waals surface area (Å²) in [7, 11) is 0. The standard InChI is InChI=1S/C28H29N3O2/c1-4-33-26-12-8-7-11-25(26)30-18-22(16-27(30)32)28-29-23-9-5-6-10-24(23)31(28)17-21-15-19(2)13-14-20(21)3/h5-15,22H,4,16-18H2,1-3H3/t22-/m0/s1. The van der Waals surface area contributed by atoms with Crippen LogP contribution in [0.25, 0.3) is 11.0 Å². The third kappa shape index (κ3) is 3.99. The van der Waals surface area contributed by atoms with Crippen molar-refractivity contribution in [2.45, 2.75) is 39.7 Å². The van der Waals surface area contributed by atoms with Crippen molar-refractivity contribution >= 4 is 22.6 Å². The lowest BCUT2D eigenvalue weighted by atomic mass is 10.0. The monoisotopic (exact) mass is 439 g/mol. The number of hydrogen-bond acceptors (Lipinski definition) is 3. The zero-order valence-electron chi connectivity index (χ0n) is 19.4. The van der Waals surface area contributed by atoms with Gasteiger partial charge >= 0.3 is 0 Å². The second-order valence-electron chi connectivity index (χ2n) is 8.78. The summed E-state index contributed by atoms with van der Waals surface area (Å²) in [6.45, 7) is 8.13. The molecule has 1 aliphatic heterocycles. The molecule has 0 spiro atoms. The summed E-state index contributed by atoms with van der Waals surface area (Å²) in [5.74, 6) is 1.85. The van der Waals surface area contributed by atoms with Crippen LogP contribution in [0, 0.1) is 13.8 Å². The molecule has 2 heterocycles. The summed E-state index contributed by atoms with van der Waals surface area (Å²) in [5, 5.41) is 0. The summed E-state index contributed by atoms with van der Waals surface area (Å²) in [5.41, 5.74) is 6.70. The van der Waals surface area contributed by atoms with Crippen LogP contribution in [0.3, 0.4) is 0 Å². The molecule has 3 aromatic carbocycles. The Bertz CT molecular complexity index is 1320. The number of benzene rings is 3. The van der Waals surface area contributed by atoms with Gasteiger partial charge in [-0.15, -0.1) is 0 Å². The molecular formula is C28H29N3O2. The van der Waals surface area contributed by atoms with Gasteiger partial charge in [-0.1, -0.05) is 48.0 Å². The number of nitrogens with zero attached hydrogens (tertiary/aromatic N) is 3. The average molecular weight is 440 g/mol. The van der Waals surface area contributed by atoms with Gasteiger partial charge in [-0.05, 0) is 56.2 Å². The first-order chi connectivity index (χ1) is 16.0. The van der Waals surface area contributed by atoms with Crippen molar-refractivity contribution in [2.24, 2.45) is 0 Å². The molecule has 1 atom stereocenters. The van der Waals surface area contributed by atoms with E-state index in [0.717, 1.165) is 34.8 Å². The van der Waals surface area contributed by atoms with Crippen molar-refractivity contribution < 1.29 is 9.53 Å². The molecule has 0 aliphatic carbocycles. The van der Waals surface area contributed by atoms with Crippen LogP contribution in [0.5, 0.6) is 5.75 Å². The molecular weight excluding hydrogens is 410 g/mol. The van der Waals surface area contributed by atoms with E-state index in [0.29, 0.717) is 19.6 Å². The largest absolute Gasteiger partial charge is 0.492 e. The molecule has 5 rings (SSSR count). The molecule has 0 N–H and O–H groups in total. The normalized spacial score (nSPS) is 16.0. The molecule has 5 nitrogen and oxygen atoms in total. The number of hydrogen-bond donors (Lipinski definition) is 0. The Hall–Kier alpha value is -3.60. The predicted molar refractivity (Wildman–Crippen MR) is 132 cm³/mol. The molecule has 168 valence electrons. The lowest BCUT2D eigenvalue weighted by Crippen LogP contribution is -2.25. The van der Waals surface area contributed by atoms with Crippen LogP contribution < -0.4 is 9.64 Å². The number of carbonyl (C=O) groups is 1. The van der Waals surface area contributed by atoms with Gasteiger partial charge in [-0.2, -0.15) is 0 Å². The van der Waals surface area contributed by atoms with Crippen LogP contribution in [0.2, 0.25) is 0 Å². The number of para-hydroxylation sites is 4. The van der Waals surface area contributed by atoms with Crippen LogP contribution in [-0.2, 0) is 11.3 Å². The fraction of sp³-hybridized carbons (Fsp3) is 0.286. The lowest BCUT2D eigenvalue weighted by Gasteiger charge is -2.20. The zero-order valence-corrected chi connectivity index (χ0v) is 19.4. The Morgan fingerprint density at radius 3 is 2.67 bits per heavy atom. The third-order valence-corrected chi connectivity index (χ3v) is 6.46. The smallest absolute Gasteiger partial charge is 0.227 e. The third-order valence-electron chi connectivity index (χ3n) is 6.46. The van der Waals surface area contributed by atoms with E-state index in [9.17, 15) is 4.79 Å². The first-order valence-corrected chi connectivity index (χ1v) is 11.6. The highest BCUT2D eigenvalue weighted by Crippen LogP contribution is 2.37. The highest BCUT2D eigenvalue weighted by Gasteiger charge is 2.36. The fourth-order valence-corrected chi connectivity index (χ4v) is 4.78. The highest BCUT2D eigenvalue weighted by atomic mass is 16.5. The molecule has 0 radical (unpaired) electrons. The van der Waals surface area contributed by atoms with Crippen molar-refractivity contribution in [1.82, 2.24) is 9.55 Å². The number of fused-ring (bicyclic) bond motifs is 1. The van der Waals surface area contributed by atoms with E-state index in [1.165, 1.54) is 16.7 Å². The van der Waals surface area contributed by atoms with Gasteiger partial charge in [-0.25, -0.2) is 4.98 Å². The van der Waals surface area contributed by atoms with Crippen LogP contribution in [-0.4, -0.2) is 28.6 Å². The molecule has 33 heavy (non-hydrogen) atoms. The van der Waals surface area contributed by atoms with Gasteiger partial charge in [0.2, 0.25) is 5.91 Å². The maximum Gasteiger partial charge on any atom is 0.227 e. The van der Waals surface area contributed by atoms with E-state index in [1.807, 2.05) is 42.2 Å². The Kier molecular flexibility index (Phi) is 5.63. The van der Waals surface area contributed by atoms with E-state index < -0.39 is 0 Å². The van der Waals surface area contributed by atoms with Gasteiger partial charge in [0.15, 0.2) is 0 Å². The topological polar surface area (TPSA) is 47.4 Å². The Morgan fingerprint density at radius 1 is 1.03 bits per heavy atom. The van der Waals surface area contributed by atoms with Gasteiger partial charge in [0.25, 0.3) is 0 Å². The second kappa shape index (κ2) is 8.74. The van der Waals surface area contributed by atoms with Crippen LogP contribution in [0.15, 0.2) is 66.7 Å². The zero-order chi connectivity index (χ0) is 22.9. The first-order valence-electron chi connectivity index (χ1n) is 11.6. The molecule has 1 aliphatic rings. The van der Waals surface area contributed by atoms with Crippen molar-refractivity contribution in [1.29, 1.82) is 0 Å². The summed E-state index contributed by atoms with van der Waals surface area (Å²) >= 11 is 0. The number of aryl methyl sites for hydroxylation is 2. The van der Waals surface area contributed by atoms with Gasteiger partial charge < -0.3 is 14.2 Å². The number of aromatic nitrogens is 2. The number of anilines is 1. The predicted octanol–water partition coefficient (Wildman–Crippen LogP) is 5.62. The first kappa shape index (κ1) is 21.3. The van der Waals surface area contributed by atoms with Crippen molar-refractivity contribution in [3.05, 3.63) is 89.2 Å². The van der Waals surface area contributed by atoms with Crippen molar-refractivity contribution in [3.63, 3.8) is 0 Å². The Morgan fingerprint density at radius 2 is 1.82 bits per heavy atom. The highest BCUT2D eigenvalue weighted by molar-refractivity contribution is 5.97. The van der Waals surface area contributed by atoms with E-state index in [-0.39, 0.29) is 11.8 Å². The summed E-state index contributed by atoms with van der Waals surface area (Å²) in [6.07, 6.45) is 0.441. The summed E-state index contributed by atoms with van der Waals surface area (Å²) in [4.78, 5) is 20.0. The Balaban J connectivity index is 1.54. The van der Waals surface area contributed by atoms with E-state index in [4.69, 9.17) is 9.72 Å². The molecule has 0 unspecified atom stereocenters. The van der Waals surface area contributed by atoms with E-state index in [1.54, 1.807) is 0 Å². The maximum absolute atomic E-state index is 13.1. The fourth-order valence-electron chi connectivity index (χ4n) is 4.78. The van der Waals surface area contributed by atoms with Gasteiger partial charge in [0.05, 0.1) is 23.3 Å². The number of ether oxygens (including phenoxy) is 1. The quantitative estimate of drug-likeness (QED) is 0.392. The average Bonchev–Trinajstić information content (AvgIpc) is 3.37. The molecule has 5 heteroatoms.